The first-order valence-corrected chi connectivity index (χ1v) is 29.4. The third kappa shape index (κ3) is 14.0. The lowest BCUT2D eigenvalue weighted by Crippen LogP contribution is -1.97. The molecular formula is C67H77Cl3F3N9O2. The molecule has 0 unspecified atom stereocenters. The summed E-state index contributed by atoms with van der Waals surface area (Å²) in [5.74, 6) is 1.69. The first kappa shape index (κ1) is 64.3. The van der Waals surface area contributed by atoms with Crippen LogP contribution in [0.2, 0.25) is 15.1 Å². The Morgan fingerprint density at radius 2 is 0.940 bits per heavy atom. The molecule has 0 aliphatic carbocycles. The van der Waals surface area contributed by atoms with Crippen LogP contribution in [0.25, 0.3) is 65.4 Å². The molecule has 0 bridgehead atoms. The minimum Gasteiger partial charge on any atom is -0.492 e. The molecule has 0 aliphatic heterocycles. The highest BCUT2D eigenvalue weighted by Crippen LogP contribution is 2.36. The number of nitrogens with zero attached hydrogens (tertiary/aromatic N) is 3. The van der Waals surface area contributed by atoms with Crippen molar-refractivity contribution < 1.29 is 23.0 Å². The fraction of sp³-hybridized carbons (Fsp3) is 0.328. The Bertz CT molecular complexity index is 3990. The van der Waals surface area contributed by atoms with Crippen LogP contribution < -0.4 is 4.74 Å². The lowest BCUT2D eigenvalue weighted by atomic mass is 9.96. The molecule has 0 atom stereocenters. The fourth-order valence-corrected chi connectivity index (χ4v) is 11.1. The summed E-state index contributed by atoms with van der Waals surface area (Å²) in [6.07, 6.45) is 12.7. The number of ether oxygens (including phenoxy) is 1. The monoisotopic (exact) mass is 1200 g/mol. The highest BCUT2D eigenvalue weighted by Gasteiger charge is 2.18. The van der Waals surface area contributed by atoms with E-state index in [0.29, 0.717) is 50.9 Å². The average molecular weight is 1200 g/mol. The number of fused-ring (bicyclic) bond motifs is 6. The molecule has 17 heteroatoms. The van der Waals surface area contributed by atoms with Crippen LogP contribution >= 0.6 is 34.8 Å². The van der Waals surface area contributed by atoms with Crippen molar-refractivity contribution in [1.82, 2.24) is 45.3 Å². The lowest BCUT2D eigenvalue weighted by molar-refractivity contribution is 0.282. The molecule has 0 spiro atoms. The predicted molar refractivity (Wildman–Crippen MR) is 345 cm³/mol. The summed E-state index contributed by atoms with van der Waals surface area (Å²) in [6, 6.07) is 18.6. The van der Waals surface area contributed by atoms with Gasteiger partial charge in [0.15, 0.2) is 11.6 Å². The Labute approximate surface area is 504 Å². The molecule has 0 amide bonds. The number of aliphatic hydroxyl groups excluding tert-OH is 1. The summed E-state index contributed by atoms with van der Waals surface area (Å²) in [7, 11) is 1.45. The van der Waals surface area contributed by atoms with Gasteiger partial charge in [-0.3, -0.25) is 15.2 Å². The van der Waals surface area contributed by atoms with Gasteiger partial charge >= 0.3 is 0 Å². The summed E-state index contributed by atoms with van der Waals surface area (Å²) in [5.41, 5.74) is 14.4. The van der Waals surface area contributed by atoms with E-state index in [1.807, 2.05) is 83.7 Å². The Hall–Kier alpha value is -7.23. The largest absolute Gasteiger partial charge is 0.492 e. The summed E-state index contributed by atoms with van der Waals surface area (Å²) in [4.78, 5) is 16.8. The Morgan fingerprint density at radius 3 is 1.49 bits per heavy atom. The minimum atomic E-state index is -0.349. The molecule has 84 heavy (non-hydrogen) atoms. The summed E-state index contributed by atoms with van der Waals surface area (Å²) in [5, 5.41) is 31.4. The molecule has 7 heterocycles. The maximum Gasteiger partial charge on any atom is 0.180 e. The van der Waals surface area contributed by atoms with E-state index in [2.05, 4.69) is 119 Å². The number of H-pyrrole nitrogens is 6. The maximum absolute atomic E-state index is 13.8. The molecule has 7 aromatic heterocycles. The first-order valence-electron chi connectivity index (χ1n) is 28.3. The van der Waals surface area contributed by atoms with Gasteiger partial charge in [-0.2, -0.15) is 10.2 Å². The Balaban J connectivity index is 0.000000145. The second-order valence-electron chi connectivity index (χ2n) is 22.7. The zero-order chi connectivity index (χ0) is 61.4. The van der Waals surface area contributed by atoms with Crippen molar-refractivity contribution in [3.8, 4) is 5.75 Å². The SMILES string of the molecule is CC(C)c1c(F)cc(CO)c2[nH]ccc12.CC(C)c1ccc(Cl)c2[nH]ncc12.CC(C)c1ncc(Cl)c2[nH]ccc12.COc1c(F)cc(C(C)C)c2cn[nH]c12.Cc1c(Cl)cc(C(C)C)c2cc[nH]c12.Cc1c(F)cc(C(C)C)c2cc[nH]c12. The number of aliphatic hydroxyl groups is 1. The van der Waals surface area contributed by atoms with Gasteiger partial charge in [-0.15, -0.1) is 0 Å². The molecule has 12 aromatic rings. The molecule has 11 nitrogen and oxygen atoms in total. The van der Waals surface area contributed by atoms with Gasteiger partial charge in [0, 0.05) is 79.5 Å². The van der Waals surface area contributed by atoms with Gasteiger partial charge in [-0.1, -0.05) is 124 Å². The molecular weight excluding hydrogens is 1130 g/mol. The van der Waals surface area contributed by atoms with Crippen molar-refractivity contribution in [2.75, 3.05) is 7.11 Å². The number of rotatable bonds is 8. The fourth-order valence-electron chi connectivity index (χ4n) is 10.5. The Kier molecular flexibility index (Phi) is 21.5. The summed E-state index contributed by atoms with van der Waals surface area (Å²) >= 11 is 18.2. The molecule has 0 saturated carbocycles. The van der Waals surface area contributed by atoms with Gasteiger partial charge in [0.2, 0.25) is 0 Å². The van der Waals surface area contributed by atoms with E-state index in [4.69, 9.17) is 44.6 Å². The quantitative estimate of drug-likeness (QED) is 0.0804. The number of aryl methyl sites for hydroxylation is 2. The van der Waals surface area contributed by atoms with Crippen LogP contribution in [0.5, 0.6) is 5.75 Å². The van der Waals surface area contributed by atoms with Crippen molar-refractivity contribution in [1.29, 1.82) is 0 Å². The van der Waals surface area contributed by atoms with E-state index in [1.54, 1.807) is 31.6 Å². The third-order valence-corrected chi connectivity index (χ3v) is 15.9. The number of aromatic amines is 6. The zero-order valence-electron chi connectivity index (χ0n) is 50.5. The second kappa shape index (κ2) is 28.1. The first-order chi connectivity index (χ1) is 39.9. The zero-order valence-corrected chi connectivity index (χ0v) is 52.7. The number of hydrogen-bond acceptors (Lipinski definition) is 5. The van der Waals surface area contributed by atoms with Crippen LogP contribution in [0, 0.1) is 31.3 Å². The van der Waals surface area contributed by atoms with Crippen molar-refractivity contribution in [3.05, 3.63) is 187 Å². The molecule has 444 valence electrons. The number of nitrogens with one attached hydrogen (secondary N) is 6. The minimum absolute atomic E-state index is 0.122. The highest BCUT2D eigenvalue weighted by atomic mass is 35.5. The van der Waals surface area contributed by atoms with Crippen LogP contribution in [-0.2, 0) is 6.61 Å². The van der Waals surface area contributed by atoms with Crippen LogP contribution in [0.15, 0.2) is 104 Å². The molecule has 0 aliphatic rings. The normalized spacial score (nSPS) is 11.4. The van der Waals surface area contributed by atoms with Crippen molar-refractivity contribution in [2.45, 2.75) is 139 Å². The number of pyridine rings is 1. The van der Waals surface area contributed by atoms with Crippen LogP contribution in [0.1, 0.15) is 169 Å². The summed E-state index contributed by atoms with van der Waals surface area (Å²) in [6.45, 7) is 28.8. The van der Waals surface area contributed by atoms with Crippen molar-refractivity contribution in [3.63, 3.8) is 0 Å². The standard InChI is InChI=1S/C12H14ClN.C12H14FNO.C12H14FN.C11H13FN2O.2C10H11ClN2/c1-7(2)10-6-11(13)8(3)12-9(10)4-5-14-12;1-7(2)11-9-3-4-14-12(9)8(6-15)5-10(11)13;1-7(2)10-6-11(13)8(3)12-9(10)4-5-14-12;1-6(2)7-4-9(12)11(15-3)10-8(7)5-13-14-10;1-6(2)9-7-3-4-12-10(7)8(11)5-13-9;1-6(2)7-3-4-9(11)10-8(7)5-12-13-10/h4-7,14H,1-3H3;3-5,7,14-15H,6H2,1-2H3;4-7,14H,1-3H3;4-6H,1-3H3,(H,13,14);3-6,12H,1-2H3;3-6H,1-2H3,(H,12,13). The van der Waals surface area contributed by atoms with Crippen LogP contribution in [-0.4, -0.2) is 57.5 Å². The molecule has 5 aromatic carbocycles. The predicted octanol–water partition coefficient (Wildman–Crippen LogP) is 20.4. The van der Waals surface area contributed by atoms with Gasteiger partial charge in [0.1, 0.15) is 17.2 Å². The van der Waals surface area contributed by atoms with Gasteiger partial charge in [-0.25, -0.2) is 13.2 Å². The average Bonchev–Trinajstić information content (AvgIpc) is 3.76. The van der Waals surface area contributed by atoms with E-state index in [0.717, 1.165) is 81.4 Å². The van der Waals surface area contributed by atoms with E-state index in [1.165, 1.54) is 41.3 Å². The van der Waals surface area contributed by atoms with Gasteiger partial charge in [-0.05, 0) is 137 Å². The highest BCUT2D eigenvalue weighted by molar-refractivity contribution is 6.35. The van der Waals surface area contributed by atoms with E-state index >= 15 is 0 Å². The smallest absolute Gasteiger partial charge is 0.180 e. The number of halogens is 6. The third-order valence-electron chi connectivity index (χ3n) is 14.9. The van der Waals surface area contributed by atoms with Crippen molar-refractivity contribution in [2.24, 2.45) is 0 Å². The number of aromatic nitrogens is 9. The number of benzene rings is 5. The van der Waals surface area contributed by atoms with Gasteiger partial charge in [0.05, 0.1) is 69.4 Å². The van der Waals surface area contributed by atoms with E-state index in [-0.39, 0.29) is 41.6 Å². The van der Waals surface area contributed by atoms with Crippen LogP contribution in [0.4, 0.5) is 13.2 Å². The molecule has 0 saturated heterocycles. The van der Waals surface area contributed by atoms with E-state index in [9.17, 15) is 13.2 Å². The second-order valence-corrected chi connectivity index (χ2v) is 23.9. The topological polar surface area (TPSA) is 163 Å². The van der Waals surface area contributed by atoms with Crippen LogP contribution in [0.3, 0.4) is 0 Å². The van der Waals surface area contributed by atoms with Crippen molar-refractivity contribution >= 4 is 100 Å². The lowest BCUT2D eigenvalue weighted by Gasteiger charge is -2.11. The summed E-state index contributed by atoms with van der Waals surface area (Å²) < 4.78 is 45.9. The number of hydrogen-bond donors (Lipinski definition) is 7. The maximum atomic E-state index is 13.8. The van der Waals surface area contributed by atoms with Gasteiger partial charge < -0.3 is 29.8 Å². The number of methoxy groups -OCH3 is 1. The molecule has 0 radical (unpaired) electrons. The molecule has 7 N–H and O–H groups in total. The van der Waals surface area contributed by atoms with Gasteiger partial charge in [0.25, 0.3) is 0 Å². The Morgan fingerprint density at radius 1 is 0.452 bits per heavy atom. The molecule has 12 rings (SSSR count). The van der Waals surface area contributed by atoms with E-state index < -0.39 is 0 Å². The molecule has 0 fully saturated rings.